The second-order valence-electron chi connectivity index (χ2n) is 24.1. The molecule has 0 aliphatic heterocycles. The quantitative estimate of drug-likeness (QED) is 0.0164. The van der Waals surface area contributed by atoms with Gasteiger partial charge in [0.15, 0.2) is 0 Å². The van der Waals surface area contributed by atoms with Gasteiger partial charge in [0.1, 0.15) is 23.9 Å². The summed E-state index contributed by atoms with van der Waals surface area (Å²) in [6.45, 7) is 13.2. The van der Waals surface area contributed by atoms with Crippen LogP contribution in [0.1, 0.15) is 208 Å². The predicted octanol–water partition coefficient (Wildman–Crippen LogP) is 19.5. The van der Waals surface area contributed by atoms with Crippen LogP contribution in [0, 0.1) is 32.6 Å². The molecule has 0 unspecified atom stereocenters. The molecule has 8 rings (SSSR count). The van der Waals surface area contributed by atoms with E-state index in [1.807, 2.05) is 55.5 Å². The minimum absolute atomic E-state index is 0.263. The van der Waals surface area contributed by atoms with E-state index >= 15 is 0 Å². The summed E-state index contributed by atoms with van der Waals surface area (Å²) in [5.41, 5.74) is 11.3. The third-order valence-corrected chi connectivity index (χ3v) is 17.0. The lowest BCUT2D eigenvalue weighted by Gasteiger charge is -2.29. The first kappa shape index (κ1) is 66.6. The highest BCUT2D eigenvalue weighted by Crippen LogP contribution is 2.39. The average molecular weight is 1160 g/mol. The molecule has 0 atom stereocenters. The first-order valence-electron chi connectivity index (χ1n) is 32.8. The SMILES string of the molecule is CCCCc1ccc(CCCCC2CCC(c3ccc(OCCCCOc4ccc(C)cc4)cc3)CC2)cc1.Cc1ccc(C(=O)OCCCCCCOOCc2ccc(OCCCCOOCC3CCC(c4ccc(C)cc4)CC3)cc2)cc1. The second-order valence-corrected chi connectivity index (χ2v) is 24.1. The van der Waals surface area contributed by atoms with E-state index in [1.54, 1.807) is 12.1 Å². The van der Waals surface area contributed by atoms with Crippen molar-refractivity contribution in [1.82, 2.24) is 0 Å². The molecule has 0 amide bonds. The molecule has 0 N–H and O–H groups in total. The Morgan fingerprint density at radius 3 is 1.33 bits per heavy atom. The molecule has 0 bridgehead atoms. The van der Waals surface area contributed by atoms with Gasteiger partial charge in [-0.2, -0.15) is 0 Å². The standard InChI is InChI=1S/C39H52O7.C37H50O2/c1-31-9-17-35(18-10-31)36-21-13-33(14-22-36)29-45-44-28-8-7-25-41-38-23-15-34(16-24-38)30-46-43-27-6-4-3-5-26-42-39(40)37-19-11-32(2)12-20-37;1-3-4-9-31-14-16-32(17-15-31)10-5-6-11-33-18-20-34(21-19-33)35-22-26-37(27-23-35)39-29-8-7-28-38-36-24-12-30(2)13-25-36/h9-12,15-20,23-24,33,36H,3-8,13-14,21-22,25-30H2,1-2H3;12-17,22-27,33-34H,3-11,18-21,28-29H2,1-2H3. The number of aryl methyl sites for hydroxylation is 5. The summed E-state index contributed by atoms with van der Waals surface area (Å²) >= 11 is 0. The molecule has 2 aliphatic carbocycles. The summed E-state index contributed by atoms with van der Waals surface area (Å²) in [6, 6.07) is 50.9. The van der Waals surface area contributed by atoms with Crippen molar-refractivity contribution < 1.29 is 43.3 Å². The Morgan fingerprint density at radius 1 is 0.376 bits per heavy atom. The Kier molecular flexibility index (Phi) is 31.1. The molecular formula is C76H102O9. The van der Waals surface area contributed by atoms with E-state index in [0.717, 1.165) is 105 Å². The van der Waals surface area contributed by atoms with Crippen molar-refractivity contribution >= 4 is 5.97 Å². The van der Waals surface area contributed by atoms with E-state index in [9.17, 15) is 4.79 Å². The molecule has 2 aliphatic rings. The number of benzene rings is 6. The van der Waals surface area contributed by atoms with Gasteiger partial charge in [-0.05, 0) is 243 Å². The summed E-state index contributed by atoms with van der Waals surface area (Å²) < 4.78 is 23.0. The normalized spacial score (nSPS) is 16.7. The summed E-state index contributed by atoms with van der Waals surface area (Å²) in [5, 5.41) is 0. The van der Waals surface area contributed by atoms with Gasteiger partial charge < -0.3 is 18.9 Å². The molecule has 9 heteroatoms. The van der Waals surface area contributed by atoms with Crippen LogP contribution in [-0.2, 0) is 43.7 Å². The second kappa shape index (κ2) is 39.7. The largest absolute Gasteiger partial charge is 0.494 e. The van der Waals surface area contributed by atoms with Crippen molar-refractivity contribution in [3.05, 3.63) is 196 Å². The highest BCUT2D eigenvalue weighted by Gasteiger charge is 2.24. The Balaban J connectivity index is 0.000000247. The number of rotatable bonds is 37. The maximum Gasteiger partial charge on any atom is 0.338 e. The molecule has 2 fully saturated rings. The number of hydrogen-bond donors (Lipinski definition) is 0. The zero-order valence-electron chi connectivity index (χ0n) is 52.3. The molecule has 9 nitrogen and oxygen atoms in total. The maximum atomic E-state index is 12.0. The molecule has 2 saturated carbocycles. The van der Waals surface area contributed by atoms with Crippen molar-refractivity contribution in [2.24, 2.45) is 11.8 Å². The van der Waals surface area contributed by atoms with E-state index < -0.39 is 0 Å². The third-order valence-electron chi connectivity index (χ3n) is 17.0. The van der Waals surface area contributed by atoms with Crippen molar-refractivity contribution in [3.63, 3.8) is 0 Å². The zero-order chi connectivity index (χ0) is 59.4. The van der Waals surface area contributed by atoms with E-state index in [-0.39, 0.29) is 5.97 Å². The number of carbonyl (C=O) groups excluding carboxylic acids is 1. The van der Waals surface area contributed by atoms with E-state index in [0.29, 0.717) is 57.0 Å². The fraction of sp³-hybridized carbons (Fsp3) is 0.513. The van der Waals surface area contributed by atoms with Gasteiger partial charge in [0.25, 0.3) is 0 Å². The van der Waals surface area contributed by atoms with Gasteiger partial charge >= 0.3 is 5.97 Å². The monoisotopic (exact) mass is 1160 g/mol. The first-order chi connectivity index (χ1) is 41.8. The lowest BCUT2D eigenvalue weighted by molar-refractivity contribution is -0.304. The zero-order valence-corrected chi connectivity index (χ0v) is 52.3. The number of hydrogen-bond acceptors (Lipinski definition) is 9. The summed E-state index contributed by atoms with van der Waals surface area (Å²) in [7, 11) is 0. The highest BCUT2D eigenvalue weighted by atomic mass is 17.2. The lowest BCUT2D eigenvalue weighted by Crippen LogP contribution is -2.18. The molecule has 6 aromatic carbocycles. The van der Waals surface area contributed by atoms with Gasteiger partial charge in [-0.1, -0.05) is 146 Å². The van der Waals surface area contributed by atoms with Crippen molar-refractivity contribution in [2.75, 3.05) is 46.2 Å². The van der Waals surface area contributed by atoms with Gasteiger partial charge in [0, 0.05) is 0 Å². The van der Waals surface area contributed by atoms with Crippen LogP contribution in [0.3, 0.4) is 0 Å². The van der Waals surface area contributed by atoms with Crippen LogP contribution in [0.15, 0.2) is 146 Å². The number of esters is 1. The van der Waals surface area contributed by atoms with E-state index in [1.165, 1.54) is 130 Å². The highest BCUT2D eigenvalue weighted by molar-refractivity contribution is 5.89. The molecule has 0 radical (unpaired) electrons. The van der Waals surface area contributed by atoms with Crippen LogP contribution in [-0.4, -0.2) is 52.2 Å². The van der Waals surface area contributed by atoms with Crippen LogP contribution in [0.25, 0.3) is 0 Å². The Bertz CT molecular complexity index is 2650. The molecule has 0 spiro atoms. The number of ether oxygens (including phenoxy) is 4. The molecule has 0 aromatic heterocycles. The molecule has 0 heterocycles. The van der Waals surface area contributed by atoms with Crippen LogP contribution < -0.4 is 14.2 Å². The fourth-order valence-corrected chi connectivity index (χ4v) is 11.4. The third kappa shape index (κ3) is 26.7. The topological polar surface area (TPSA) is 90.9 Å². The van der Waals surface area contributed by atoms with Gasteiger partial charge in [0.05, 0.1) is 51.8 Å². The molecule has 85 heavy (non-hydrogen) atoms. The van der Waals surface area contributed by atoms with Gasteiger partial charge in [0.2, 0.25) is 0 Å². The molecule has 6 aromatic rings. The fourth-order valence-electron chi connectivity index (χ4n) is 11.4. The van der Waals surface area contributed by atoms with Gasteiger partial charge in [-0.25, -0.2) is 24.3 Å². The molecular weight excluding hydrogens is 1060 g/mol. The average Bonchev–Trinajstić information content (AvgIpc) is 3.66. The minimum atomic E-state index is -0.263. The summed E-state index contributed by atoms with van der Waals surface area (Å²) in [4.78, 5) is 33.6. The van der Waals surface area contributed by atoms with Crippen LogP contribution in [0.5, 0.6) is 17.2 Å². The first-order valence-corrected chi connectivity index (χ1v) is 32.8. The summed E-state index contributed by atoms with van der Waals surface area (Å²) in [6.07, 6.45) is 27.0. The summed E-state index contributed by atoms with van der Waals surface area (Å²) in [5.74, 6) is 5.44. The Labute approximate surface area is 511 Å². The van der Waals surface area contributed by atoms with Gasteiger partial charge in [-0.3, -0.25) is 0 Å². The smallest absolute Gasteiger partial charge is 0.338 e. The minimum Gasteiger partial charge on any atom is -0.494 e. The van der Waals surface area contributed by atoms with Crippen molar-refractivity contribution in [1.29, 1.82) is 0 Å². The predicted molar refractivity (Wildman–Crippen MR) is 345 cm³/mol. The number of unbranched alkanes of at least 4 members (excludes halogenated alkanes) is 7. The van der Waals surface area contributed by atoms with Crippen molar-refractivity contribution in [3.8, 4) is 17.2 Å². The lowest BCUT2D eigenvalue weighted by atomic mass is 9.77. The Hall–Kier alpha value is -5.97. The van der Waals surface area contributed by atoms with E-state index in [2.05, 4.69) is 106 Å². The number of carbonyl (C=O) groups is 1. The van der Waals surface area contributed by atoms with Crippen LogP contribution in [0.2, 0.25) is 0 Å². The molecule has 0 saturated heterocycles. The van der Waals surface area contributed by atoms with E-state index in [4.69, 9.17) is 38.5 Å². The van der Waals surface area contributed by atoms with Crippen LogP contribution in [0.4, 0.5) is 0 Å². The van der Waals surface area contributed by atoms with Crippen molar-refractivity contribution in [2.45, 2.75) is 194 Å². The Morgan fingerprint density at radius 2 is 0.788 bits per heavy atom. The van der Waals surface area contributed by atoms with Gasteiger partial charge in [-0.15, -0.1) is 0 Å². The maximum absolute atomic E-state index is 12.0. The molecule has 460 valence electrons. The van der Waals surface area contributed by atoms with Crippen LogP contribution >= 0.6 is 0 Å².